The van der Waals surface area contributed by atoms with Gasteiger partial charge in [-0.3, -0.25) is 0 Å². The Morgan fingerprint density at radius 2 is 1.50 bits per heavy atom. The SMILES string of the molecule is CC(C)(O)[C@@H](O)Cc1cc(/C=C/c2cc(O)cc(O)c2)ccc1O. The lowest BCUT2D eigenvalue weighted by atomic mass is 9.94. The number of hydrogen-bond acceptors (Lipinski definition) is 5. The van der Waals surface area contributed by atoms with Crippen LogP contribution in [0.5, 0.6) is 17.2 Å². The fraction of sp³-hybridized carbons (Fsp3) is 0.263. The minimum atomic E-state index is -1.27. The highest BCUT2D eigenvalue weighted by Crippen LogP contribution is 2.25. The second-order valence-corrected chi connectivity index (χ2v) is 6.38. The molecular formula is C19H22O5. The Balaban J connectivity index is 2.23. The Hall–Kier alpha value is -2.50. The molecule has 128 valence electrons. The molecule has 2 rings (SSSR count). The summed E-state index contributed by atoms with van der Waals surface area (Å²) in [6, 6.07) is 9.20. The molecule has 5 heteroatoms. The molecule has 24 heavy (non-hydrogen) atoms. The summed E-state index contributed by atoms with van der Waals surface area (Å²) in [4.78, 5) is 0. The van der Waals surface area contributed by atoms with Gasteiger partial charge in [-0.1, -0.05) is 18.2 Å². The Bertz CT molecular complexity index is 724. The number of benzene rings is 2. The van der Waals surface area contributed by atoms with Gasteiger partial charge >= 0.3 is 0 Å². The maximum Gasteiger partial charge on any atom is 0.119 e. The molecule has 0 saturated heterocycles. The summed E-state index contributed by atoms with van der Waals surface area (Å²) in [7, 11) is 0. The standard InChI is InChI=1S/C19H22O5/c1-19(2,24)18(23)10-14-7-12(5-6-17(14)22)3-4-13-8-15(20)11-16(21)9-13/h3-9,11,18,20-24H,10H2,1-2H3/b4-3+/t18-/m0/s1. The van der Waals surface area contributed by atoms with Crippen molar-refractivity contribution in [2.45, 2.75) is 32.0 Å². The molecule has 0 aliphatic heterocycles. The van der Waals surface area contributed by atoms with E-state index in [4.69, 9.17) is 0 Å². The van der Waals surface area contributed by atoms with E-state index in [1.165, 1.54) is 38.1 Å². The van der Waals surface area contributed by atoms with Crippen LogP contribution in [0.15, 0.2) is 36.4 Å². The van der Waals surface area contributed by atoms with Gasteiger partial charge in [-0.25, -0.2) is 0 Å². The monoisotopic (exact) mass is 330 g/mol. The molecule has 0 heterocycles. The van der Waals surface area contributed by atoms with Crippen molar-refractivity contribution < 1.29 is 25.5 Å². The summed E-state index contributed by atoms with van der Waals surface area (Å²) in [5.41, 5.74) is 0.648. The van der Waals surface area contributed by atoms with E-state index in [0.717, 1.165) is 5.56 Å². The second kappa shape index (κ2) is 6.95. The third kappa shape index (κ3) is 4.75. The van der Waals surface area contributed by atoms with Crippen molar-refractivity contribution in [2.75, 3.05) is 0 Å². The van der Waals surface area contributed by atoms with E-state index in [1.807, 2.05) is 0 Å². The first kappa shape index (κ1) is 17.8. The second-order valence-electron chi connectivity index (χ2n) is 6.38. The zero-order chi connectivity index (χ0) is 17.9. The molecule has 0 saturated carbocycles. The number of hydrogen-bond donors (Lipinski definition) is 5. The number of phenols is 3. The zero-order valence-corrected chi connectivity index (χ0v) is 13.6. The van der Waals surface area contributed by atoms with E-state index in [-0.39, 0.29) is 23.7 Å². The van der Waals surface area contributed by atoms with E-state index >= 15 is 0 Å². The van der Waals surface area contributed by atoms with Gasteiger partial charge in [0, 0.05) is 12.5 Å². The molecule has 0 fully saturated rings. The van der Waals surface area contributed by atoms with Gasteiger partial charge < -0.3 is 25.5 Å². The zero-order valence-electron chi connectivity index (χ0n) is 13.6. The quantitative estimate of drug-likeness (QED) is 0.543. The lowest BCUT2D eigenvalue weighted by molar-refractivity contribution is -0.0471. The first-order valence-electron chi connectivity index (χ1n) is 7.58. The van der Waals surface area contributed by atoms with Crippen LogP contribution in [0.4, 0.5) is 0 Å². The molecule has 0 bridgehead atoms. The van der Waals surface area contributed by atoms with Crippen molar-refractivity contribution in [1.82, 2.24) is 0 Å². The van der Waals surface area contributed by atoms with Gasteiger partial charge in [-0.15, -0.1) is 0 Å². The van der Waals surface area contributed by atoms with Crippen molar-refractivity contribution in [3.8, 4) is 17.2 Å². The number of aromatic hydroxyl groups is 3. The lowest BCUT2D eigenvalue weighted by Gasteiger charge is -2.24. The van der Waals surface area contributed by atoms with Crippen molar-refractivity contribution in [3.63, 3.8) is 0 Å². The normalized spacial score (nSPS) is 13.3. The molecule has 0 aliphatic rings. The molecule has 0 spiro atoms. The van der Waals surface area contributed by atoms with E-state index in [1.54, 1.807) is 24.3 Å². The van der Waals surface area contributed by atoms with E-state index in [9.17, 15) is 25.5 Å². The van der Waals surface area contributed by atoms with Gasteiger partial charge in [0.1, 0.15) is 17.2 Å². The molecule has 2 aromatic carbocycles. The summed E-state index contributed by atoms with van der Waals surface area (Å²) >= 11 is 0. The Morgan fingerprint density at radius 1 is 0.917 bits per heavy atom. The Kier molecular flexibility index (Phi) is 5.17. The van der Waals surface area contributed by atoms with Gasteiger partial charge in [0.05, 0.1) is 11.7 Å². The molecule has 5 nitrogen and oxygen atoms in total. The third-order valence-electron chi connectivity index (χ3n) is 3.73. The molecular weight excluding hydrogens is 308 g/mol. The van der Waals surface area contributed by atoms with Crippen LogP contribution < -0.4 is 0 Å². The molecule has 0 radical (unpaired) electrons. The largest absolute Gasteiger partial charge is 0.508 e. The number of phenolic OH excluding ortho intramolecular Hbond substituents is 3. The lowest BCUT2D eigenvalue weighted by Crippen LogP contribution is -2.37. The molecule has 1 atom stereocenters. The highest BCUT2D eigenvalue weighted by atomic mass is 16.3. The van der Waals surface area contributed by atoms with Crippen LogP contribution in [0.25, 0.3) is 12.2 Å². The topological polar surface area (TPSA) is 101 Å². The van der Waals surface area contributed by atoms with Crippen LogP contribution in [0, 0.1) is 0 Å². The van der Waals surface area contributed by atoms with Crippen molar-refractivity contribution in [3.05, 3.63) is 53.1 Å². The van der Waals surface area contributed by atoms with Gasteiger partial charge in [0.2, 0.25) is 0 Å². The van der Waals surface area contributed by atoms with Gasteiger partial charge in [-0.2, -0.15) is 0 Å². The number of aliphatic hydroxyl groups is 2. The maximum atomic E-state index is 9.99. The van der Waals surface area contributed by atoms with Crippen LogP contribution in [0.1, 0.15) is 30.5 Å². The van der Waals surface area contributed by atoms with Gasteiger partial charge in [-0.05, 0) is 54.8 Å². The van der Waals surface area contributed by atoms with Crippen LogP contribution in [0.3, 0.4) is 0 Å². The number of rotatable bonds is 5. The maximum absolute atomic E-state index is 9.99. The van der Waals surface area contributed by atoms with Crippen molar-refractivity contribution >= 4 is 12.2 Å². The van der Waals surface area contributed by atoms with Crippen LogP contribution in [0.2, 0.25) is 0 Å². The van der Waals surface area contributed by atoms with E-state index in [2.05, 4.69) is 0 Å². The summed E-state index contributed by atoms with van der Waals surface area (Å²) < 4.78 is 0. The predicted molar refractivity (Wildman–Crippen MR) is 92.8 cm³/mol. The summed E-state index contributed by atoms with van der Waals surface area (Å²) in [6.07, 6.45) is 2.57. The van der Waals surface area contributed by atoms with Crippen molar-refractivity contribution in [2.24, 2.45) is 0 Å². The van der Waals surface area contributed by atoms with Crippen molar-refractivity contribution in [1.29, 1.82) is 0 Å². The van der Waals surface area contributed by atoms with Gasteiger partial charge in [0.15, 0.2) is 0 Å². The smallest absolute Gasteiger partial charge is 0.119 e. The Labute approximate surface area is 140 Å². The summed E-state index contributed by atoms with van der Waals surface area (Å²) in [5, 5.41) is 48.7. The van der Waals surface area contributed by atoms with Gasteiger partial charge in [0.25, 0.3) is 0 Å². The molecule has 0 amide bonds. The minimum Gasteiger partial charge on any atom is -0.508 e. The predicted octanol–water partition coefficient (Wildman–Crippen LogP) is 2.65. The molecule has 0 aliphatic carbocycles. The highest BCUT2D eigenvalue weighted by molar-refractivity contribution is 5.71. The molecule has 0 aromatic heterocycles. The summed E-state index contributed by atoms with van der Waals surface area (Å²) in [6.45, 7) is 3.01. The average molecular weight is 330 g/mol. The molecule has 5 N–H and O–H groups in total. The van der Waals surface area contributed by atoms with E-state index in [0.29, 0.717) is 11.1 Å². The molecule has 0 unspecified atom stereocenters. The average Bonchev–Trinajstić information content (AvgIpc) is 2.46. The molecule has 2 aromatic rings. The van der Waals surface area contributed by atoms with Crippen LogP contribution >= 0.6 is 0 Å². The third-order valence-corrected chi connectivity index (χ3v) is 3.73. The minimum absolute atomic E-state index is 0.0330. The fourth-order valence-electron chi connectivity index (χ4n) is 2.24. The first-order chi connectivity index (χ1) is 11.1. The number of aliphatic hydroxyl groups excluding tert-OH is 1. The fourth-order valence-corrected chi connectivity index (χ4v) is 2.24. The Morgan fingerprint density at radius 3 is 2.08 bits per heavy atom. The van der Waals surface area contributed by atoms with Crippen LogP contribution in [-0.4, -0.2) is 37.2 Å². The van der Waals surface area contributed by atoms with Crippen LogP contribution in [-0.2, 0) is 6.42 Å². The summed E-state index contributed by atoms with van der Waals surface area (Å²) in [5.74, 6) is -0.0193. The first-order valence-corrected chi connectivity index (χ1v) is 7.58. The highest BCUT2D eigenvalue weighted by Gasteiger charge is 2.25. The van der Waals surface area contributed by atoms with E-state index < -0.39 is 11.7 Å².